The van der Waals surface area contributed by atoms with E-state index in [0.29, 0.717) is 12.3 Å². The fraction of sp³-hybridized carbons (Fsp3) is 0.118. The van der Waals surface area contributed by atoms with Crippen LogP contribution in [-0.2, 0) is 6.54 Å². The van der Waals surface area contributed by atoms with E-state index < -0.39 is 0 Å². The predicted molar refractivity (Wildman–Crippen MR) is 155 cm³/mol. The zero-order valence-electron chi connectivity index (χ0n) is 20.9. The van der Waals surface area contributed by atoms with Crippen LogP contribution in [0.15, 0.2) is 122 Å². The molecule has 0 amide bonds. The molecule has 36 heavy (non-hydrogen) atoms. The molecule has 0 unspecified atom stereocenters. The van der Waals surface area contributed by atoms with Crippen LogP contribution in [-0.4, -0.2) is 0 Å². The summed E-state index contributed by atoms with van der Waals surface area (Å²) < 4.78 is 5.38. The largest absolute Gasteiger partial charge is 0.407 e. The van der Waals surface area contributed by atoms with Crippen LogP contribution < -0.4 is 10.5 Å². The average molecular weight is 472 g/mol. The highest BCUT2D eigenvalue weighted by molar-refractivity contribution is 5.78. The van der Waals surface area contributed by atoms with Gasteiger partial charge in [0.1, 0.15) is 11.9 Å². The molecule has 0 heterocycles. The van der Waals surface area contributed by atoms with Gasteiger partial charge < -0.3 is 10.5 Å². The number of nitrogens with two attached hydrogens (primary N) is 1. The van der Waals surface area contributed by atoms with Crippen LogP contribution in [0.4, 0.5) is 0 Å². The highest BCUT2D eigenvalue weighted by Crippen LogP contribution is 2.28. The normalized spacial score (nSPS) is 12.1. The molecule has 0 saturated carbocycles. The zero-order chi connectivity index (χ0) is 25.6. The second kappa shape index (κ2) is 14.2. The summed E-state index contributed by atoms with van der Waals surface area (Å²) in [4.78, 5) is 0. The summed E-state index contributed by atoms with van der Waals surface area (Å²) in [6.07, 6.45) is 23.9. The van der Waals surface area contributed by atoms with Gasteiger partial charge >= 0.3 is 0 Å². The molecule has 3 aromatic rings. The fourth-order valence-electron chi connectivity index (χ4n) is 3.97. The molecule has 0 bridgehead atoms. The number of allylic oxidation sites excluding steroid dienone is 9. The second-order valence-electron chi connectivity index (χ2n) is 8.19. The SMILES string of the molecule is C#COc1ccccc1C(/C=C\C)=C/CC/C=C(\C=C/C=C)c1ccc(-c2cccc(CN)c2)cc1. The molecule has 3 rings (SSSR count). The first-order valence-corrected chi connectivity index (χ1v) is 12.1. The smallest absolute Gasteiger partial charge is 0.148 e. The number of hydrogen-bond acceptors (Lipinski definition) is 2. The van der Waals surface area contributed by atoms with Crippen molar-refractivity contribution < 1.29 is 4.74 Å². The number of rotatable bonds is 11. The van der Waals surface area contributed by atoms with Crippen LogP contribution in [0.5, 0.6) is 5.75 Å². The van der Waals surface area contributed by atoms with E-state index in [4.69, 9.17) is 16.9 Å². The fourth-order valence-corrected chi connectivity index (χ4v) is 3.97. The third kappa shape index (κ3) is 7.34. The van der Waals surface area contributed by atoms with E-state index in [1.165, 1.54) is 11.1 Å². The van der Waals surface area contributed by atoms with Crippen LogP contribution in [0.1, 0.15) is 36.5 Å². The summed E-state index contributed by atoms with van der Waals surface area (Å²) in [7, 11) is 0. The molecule has 0 aliphatic heterocycles. The molecule has 180 valence electrons. The van der Waals surface area contributed by atoms with Crippen LogP contribution in [0.25, 0.3) is 22.3 Å². The summed E-state index contributed by atoms with van der Waals surface area (Å²) in [5, 5.41) is 0. The Labute approximate surface area is 215 Å². The maximum Gasteiger partial charge on any atom is 0.148 e. The molecular formula is C34H33NO. The topological polar surface area (TPSA) is 35.2 Å². The molecule has 0 aliphatic rings. The van der Waals surface area contributed by atoms with Crippen molar-refractivity contribution in [2.24, 2.45) is 5.73 Å². The molecule has 2 heteroatoms. The molecule has 0 spiro atoms. The van der Waals surface area contributed by atoms with E-state index in [1.807, 2.05) is 43.3 Å². The van der Waals surface area contributed by atoms with Crippen molar-refractivity contribution in [3.8, 4) is 29.4 Å². The lowest BCUT2D eigenvalue weighted by Crippen LogP contribution is -1.95. The van der Waals surface area contributed by atoms with Gasteiger partial charge in [0.15, 0.2) is 0 Å². The van der Waals surface area contributed by atoms with E-state index in [2.05, 4.69) is 85.5 Å². The Hall–Kier alpha value is -4.32. The Kier molecular flexibility index (Phi) is 10.3. The molecule has 0 radical (unpaired) electrons. The number of ether oxygens (including phenoxy) is 1. The van der Waals surface area contributed by atoms with Crippen molar-refractivity contribution in [3.05, 3.63) is 139 Å². The molecule has 2 N–H and O–H groups in total. The van der Waals surface area contributed by atoms with Crippen molar-refractivity contribution >= 4 is 11.1 Å². The summed E-state index contributed by atoms with van der Waals surface area (Å²) in [6, 6.07) is 24.8. The third-order valence-electron chi connectivity index (χ3n) is 5.73. The lowest BCUT2D eigenvalue weighted by Gasteiger charge is -2.09. The van der Waals surface area contributed by atoms with E-state index in [-0.39, 0.29) is 0 Å². The predicted octanol–water partition coefficient (Wildman–Crippen LogP) is 8.35. The van der Waals surface area contributed by atoms with Crippen LogP contribution in [0.3, 0.4) is 0 Å². The van der Waals surface area contributed by atoms with E-state index in [1.54, 1.807) is 6.08 Å². The molecular weight excluding hydrogens is 438 g/mol. The van der Waals surface area contributed by atoms with E-state index in [9.17, 15) is 0 Å². The first kappa shape index (κ1) is 26.3. The summed E-state index contributed by atoms with van der Waals surface area (Å²) in [5.41, 5.74) is 13.7. The van der Waals surface area contributed by atoms with Crippen LogP contribution in [0.2, 0.25) is 0 Å². The van der Waals surface area contributed by atoms with Gasteiger partial charge in [0.25, 0.3) is 0 Å². The van der Waals surface area contributed by atoms with Crippen LogP contribution >= 0.6 is 0 Å². The van der Waals surface area contributed by atoms with Gasteiger partial charge in [-0.15, -0.1) is 0 Å². The maximum atomic E-state index is 5.81. The standard InChI is InChI=1S/C34H33NO/c1-4-7-15-28(29-21-23-30(24-22-29)32-18-12-14-27(25-32)26-35)16-8-9-17-31(13-5-2)33-19-10-11-20-34(33)36-6-3/h3-5,7,10-25H,1,8-9,26,35H2,2H3/b13-5-,15-7-,28-16+,31-17+. The monoisotopic (exact) mass is 471 g/mol. The molecule has 0 aromatic heterocycles. The van der Waals surface area contributed by atoms with Gasteiger partial charge in [0, 0.05) is 12.1 Å². The minimum atomic E-state index is 0.540. The highest BCUT2D eigenvalue weighted by atomic mass is 16.5. The maximum absolute atomic E-state index is 5.81. The lowest BCUT2D eigenvalue weighted by molar-refractivity contribution is 0.519. The second-order valence-corrected chi connectivity index (χ2v) is 8.19. The number of terminal acetylenes is 1. The number of benzene rings is 3. The van der Waals surface area contributed by atoms with Crippen molar-refractivity contribution in [1.82, 2.24) is 0 Å². The van der Waals surface area contributed by atoms with Gasteiger partial charge in [-0.2, -0.15) is 0 Å². The van der Waals surface area contributed by atoms with Crippen molar-refractivity contribution in [1.29, 1.82) is 0 Å². The Bertz CT molecular complexity index is 1310. The zero-order valence-corrected chi connectivity index (χ0v) is 20.9. The molecule has 2 nitrogen and oxygen atoms in total. The lowest BCUT2D eigenvalue weighted by atomic mass is 9.97. The number of para-hydroxylation sites is 1. The quantitative estimate of drug-likeness (QED) is 0.173. The molecule has 0 atom stereocenters. The van der Waals surface area contributed by atoms with Crippen molar-refractivity contribution in [3.63, 3.8) is 0 Å². The molecule has 0 saturated heterocycles. The minimum absolute atomic E-state index is 0.540. The molecule has 0 fully saturated rings. The first-order valence-electron chi connectivity index (χ1n) is 12.1. The Morgan fingerprint density at radius 3 is 2.36 bits per heavy atom. The molecule has 3 aromatic carbocycles. The summed E-state index contributed by atoms with van der Waals surface area (Å²) >= 11 is 0. The van der Waals surface area contributed by atoms with E-state index >= 15 is 0 Å². The summed E-state index contributed by atoms with van der Waals surface area (Å²) in [6.45, 7) is 6.37. The Morgan fingerprint density at radius 2 is 1.67 bits per heavy atom. The summed E-state index contributed by atoms with van der Waals surface area (Å²) in [5.74, 6) is 0.687. The third-order valence-corrected chi connectivity index (χ3v) is 5.73. The first-order chi connectivity index (χ1) is 17.7. The average Bonchev–Trinajstić information content (AvgIpc) is 2.93. The van der Waals surface area contributed by atoms with Gasteiger partial charge in [0.2, 0.25) is 0 Å². The Balaban J connectivity index is 1.81. The van der Waals surface area contributed by atoms with Gasteiger partial charge in [0.05, 0.1) is 0 Å². The minimum Gasteiger partial charge on any atom is -0.407 e. The Morgan fingerprint density at radius 1 is 0.917 bits per heavy atom. The van der Waals surface area contributed by atoms with Gasteiger partial charge in [-0.1, -0.05) is 116 Å². The van der Waals surface area contributed by atoms with Gasteiger partial charge in [-0.05, 0) is 65.3 Å². The van der Waals surface area contributed by atoms with Crippen molar-refractivity contribution in [2.75, 3.05) is 0 Å². The van der Waals surface area contributed by atoms with Gasteiger partial charge in [-0.25, -0.2) is 0 Å². The van der Waals surface area contributed by atoms with E-state index in [0.717, 1.165) is 40.7 Å². The highest BCUT2D eigenvalue weighted by Gasteiger charge is 2.06. The van der Waals surface area contributed by atoms with Gasteiger partial charge in [-0.3, -0.25) is 0 Å². The molecule has 0 aliphatic carbocycles. The number of hydrogen-bond donors (Lipinski definition) is 1. The number of unbranched alkanes of at least 4 members (excludes halogenated alkanes) is 1. The van der Waals surface area contributed by atoms with Crippen LogP contribution in [0, 0.1) is 12.5 Å². The van der Waals surface area contributed by atoms with Crippen molar-refractivity contribution in [2.45, 2.75) is 26.3 Å².